The van der Waals surface area contributed by atoms with Gasteiger partial charge in [-0.2, -0.15) is 0 Å². The van der Waals surface area contributed by atoms with E-state index in [1.807, 2.05) is 0 Å². The number of nitrogens with one attached hydrogen (secondary N) is 4. The molecule has 0 spiro atoms. The Morgan fingerprint density at radius 2 is 1.61 bits per heavy atom. The van der Waals surface area contributed by atoms with Crippen molar-refractivity contribution in [2.75, 3.05) is 6.54 Å². The van der Waals surface area contributed by atoms with E-state index in [1.165, 1.54) is 19.4 Å². The minimum Gasteiger partial charge on any atom is -0.481 e. The molecule has 10 N–H and O–H groups in total. The molecule has 14 nitrogen and oxygen atoms in total. The van der Waals surface area contributed by atoms with Gasteiger partial charge < -0.3 is 42.6 Å². The van der Waals surface area contributed by atoms with E-state index in [1.54, 1.807) is 0 Å². The van der Waals surface area contributed by atoms with Gasteiger partial charge in [-0.1, -0.05) is 0 Å². The van der Waals surface area contributed by atoms with Crippen LogP contribution in [0, 0.1) is 0 Å². The van der Waals surface area contributed by atoms with Gasteiger partial charge in [0.1, 0.15) is 18.1 Å². The Labute approximate surface area is 189 Å². The molecule has 0 radical (unpaired) electrons. The van der Waals surface area contributed by atoms with Crippen LogP contribution in [-0.2, 0) is 30.4 Å². The third-order valence-electron chi connectivity index (χ3n) is 4.60. The summed E-state index contributed by atoms with van der Waals surface area (Å²) in [6.45, 7) is 1.79. The highest BCUT2D eigenvalue weighted by Crippen LogP contribution is 2.05. The maximum Gasteiger partial charge on any atom is 0.326 e. The number of aliphatic carboxylic acids is 2. The first-order valence-electron chi connectivity index (χ1n) is 10.3. The van der Waals surface area contributed by atoms with Crippen LogP contribution in [0.15, 0.2) is 12.5 Å². The van der Waals surface area contributed by atoms with E-state index in [-0.39, 0.29) is 12.8 Å². The first kappa shape index (κ1) is 27.5. The standard InChI is InChI=1S/C19H31N7O7/c1-10(21)16(29)24-12(4-2-3-5-20)17(30)25-13(7-15(27)28)18(31)26-14(19(32)33)6-11-8-22-9-23-11/h8-10,12-14H,2-7,20-21H2,1H3,(H,22,23)(H,24,29)(H,25,30)(H,26,31)(H,27,28)(H,32,33). The zero-order chi connectivity index (χ0) is 25.0. The smallest absolute Gasteiger partial charge is 0.326 e. The highest BCUT2D eigenvalue weighted by atomic mass is 16.4. The molecule has 0 aliphatic heterocycles. The van der Waals surface area contributed by atoms with E-state index >= 15 is 0 Å². The molecule has 33 heavy (non-hydrogen) atoms. The molecule has 4 atom stereocenters. The summed E-state index contributed by atoms with van der Waals surface area (Å²) >= 11 is 0. The molecule has 0 aliphatic carbocycles. The second-order valence-corrected chi connectivity index (χ2v) is 7.47. The van der Waals surface area contributed by atoms with Crippen LogP contribution in [0.2, 0.25) is 0 Å². The summed E-state index contributed by atoms with van der Waals surface area (Å²) in [6, 6.07) is -4.96. The number of unbranched alkanes of at least 4 members (excludes halogenated alkanes) is 1. The SMILES string of the molecule is CC(N)C(=O)NC(CCCCN)C(=O)NC(CC(=O)O)C(=O)NC(Cc1cnc[nH]1)C(=O)O. The molecule has 3 amide bonds. The Balaban J connectivity index is 2.94. The van der Waals surface area contributed by atoms with Gasteiger partial charge in [-0.3, -0.25) is 19.2 Å². The summed E-state index contributed by atoms with van der Waals surface area (Å²) in [4.78, 5) is 66.7. The van der Waals surface area contributed by atoms with Crippen LogP contribution in [0.5, 0.6) is 0 Å². The van der Waals surface area contributed by atoms with Crippen molar-refractivity contribution in [2.24, 2.45) is 11.5 Å². The van der Waals surface area contributed by atoms with Crippen LogP contribution in [0.4, 0.5) is 0 Å². The molecular weight excluding hydrogens is 438 g/mol. The zero-order valence-electron chi connectivity index (χ0n) is 18.2. The Morgan fingerprint density at radius 1 is 1.00 bits per heavy atom. The van der Waals surface area contributed by atoms with E-state index in [0.29, 0.717) is 25.1 Å². The number of nitrogens with zero attached hydrogens (tertiary/aromatic N) is 1. The van der Waals surface area contributed by atoms with Gasteiger partial charge in [-0.25, -0.2) is 9.78 Å². The van der Waals surface area contributed by atoms with Crippen molar-refractivity contribution in [2.45, 2.75) is 63.2 Å². The lowest BCUT2D eigenvalue weighted by Gasteiger charge is -2.24. The molecule has 0 bridgehead atoms. The lowest BCUT2D eigenvalue weighted by Crippen LogP contribution is -2.57. The number of nitrogens with two attached hydrogens (primary N) is 2. The fourth-order valence-electron chi connectivity index (χ4n) is 2.81. The van der Waals surface area contributed by atoms with Gasteiger partial charge in [0.25, 0.3) is 0 Å². The Bertz CT molecular complexity index is 813. The average Bonchev–Trinajstić information content (AvgIpc) is 3.24. The minimum absolute atomic E-state index is 0.138. The summed E-state index contributed by atoms with van der Waals surface area (Å²) < 4.78 is 0. The number of rotatable bonds is 15. The predicted octanol–water partition coefficient (Wildman–Crippen LogP) is -2.56. The molecule has 0 aromatic carbocycles. The first-order chi connectivity index (χ1) is 15.5. The monoisotopic (exact) mass is 469 g/mol. The Kier molecular flexibility index (Phi) is 11.5. The molecule has 0 saturated heterocycles. The normalized spacial score (nSPS) is 14.4. The molecule has 184 valence electrons. The van der Waals surface area contributed by atoms with Crippen LogP contribution in [0.1, 0.15) is 38.3 Å². The molecule has 1 aromatic heterocycles. The van der Waals surface area contributed by atoms with Gasteiger partial charge in [-0.05, 0) is 32.7 Å². The summed E-state index contributed by atoms with van der Waals surface area (Å²) in [5.41, 5.74) is 11.4. The molecule has 14 heteroatoms. The molecule has 1 rings (SSSR count). The second-order valence-electron chi connectivity index (χ2n) is 7.47. The highest BCUT2D eigenvalue weighted by molar-refractivity contribution is 5.95. The number of carboxylic acid groups (broad SMARTS) is 2. The third-order valence-corrected chi connectivity index (χ3v) is 4.60. The fourth-order valence-corrected chi connectivity index (χ4v) is 2.81. The zero-order valence-corrected chi connectivity index (χ0v) is 18.2. The number of aromatic amines is 1. The highest BCUT2D eigenvalue weighted by Gasteiger charge is 2.31. The summed E-state index contributed by atoms with van der Waals surface area (Å²) in [5, 5.41) is 25.5. The van der Waals surface area contributed by atoms with Crippen molar-refractivity contribution in [3.63, 3.8) is 0 Å². The van der Waals surface area contributed by atoms with E-state index in [0.717, 1.165) is 0 Å². The molecule has 1 aromatic rings. The van der Waals surface area contributed by atoms with Crippen LogP contribution in [0.25, 0.3) is 0 Å². The Morgan fingerprint density at radius 3 is 2.12 bits per heavy atom. The van der Waals surface area contributed by atoms with Gasteiger partial charge >= 0.3 is 11.9 Å². The number of imidazole rings is 1. The van der Waals surface area contributed by atoms with E-state index < -0.39 is 60.2 Å². The number of hydrogen-bond donors (Lipinski definition) is 8. The number of carbonyl (C=O) groups is 5. The van der Waals surface area contributed by atoms with Crippen LogP contribution in [-0.4, -0.2) is 80.6 Å². The maximum absolute atomic E-state index is 12.8. The number of carbonyl (C=O) groups excluding carboxylic acids is 3. The number of hydrogen-bond acceptors (Lipinski definition) is 8. The topological polar surface area (TPSA) is 243 Å². The van der Waals surface area contributed by atoms with Crippen molar-refractivity contribution >= 4 is 29.7 Å². The summed E-state index contributed by atoms with van der Waals surface area (Å²) in [6.07, 6.45) is 3.02. The van der Waals surface area contributed by atoms with Crippen molar-refractivity contribution in [1.82, 2.24) is 25.9 Å². The first-order valence-corrected chi connectivity index (χ1v) is 10.3. The minimum atomic E-state index is -1.58. The lowest BCUT2D eigenvalue weighted by molar-refractivity contribution is -0.143. The van der Waals surface area contributed by atoms with Gasteiger partial charge in [0.05, 0.1) is 18.8 Å². The maximum atomic E-state index is 12.8. The second kappa shape index (κ2) is 13.8. The van der Waals surface area contributed by atoms with Gasteiger partial charge in [0, 0.05) is 18.3 Å². The predicted molar refractivity (Wildman–Crippen MR) is 115 cm³/mol. The summed E-state index contributed by atoms with van der Waals surface area (Å²) in [7, 11) is 0. The van der Waals surface area contributed by atoms with Gasteiger partial charge in [0.15, 0.2) is 0 Å². The van der Waals surface area contributed by atoms with Crippen molar-refractivity contribution in [3.05, 3.63) is 18.2 Å². The Hall–Kier alpha value is -3.52. The van der Waals surface area contributed by atoms with E-state index in [4.69, 9.17) is 16.6 Å². The number of amides is 3. The summed E-state index contributed by atoms with van der Waals surface area (Å²) in [5.74, 6) is -5.16. The fraction of sp³-hybridized carbons (Fsp3) is 0.579. The molecule has 0 aliphatic rings. The molecule has 1 heterocycles. The van der Waals surface area contributed by atoms with Gasteiger partial charge in [-0.15, -0.1) is 0 Å². The van der Waals surface area contributed by atoms with Gasteiger partial charge in [0.2, 0.25) is 17.7 Å². The van der Waals surface area contributed by atoms with E-state index in [2.05, 4.69) is 25.9 Å². The largest absolute Gasteiger partial charge is 0.481 e. The number of aromatic nitrogens is 2. The van der Waals surface area contributed by atoms with Crippen LogP contribution < -0.4 is 27.4 Å². The van der Waals surface area contributed by atoms with Crippen molar-refractivity contribution in [3.8, 4) is 0 Å². The van der Waals surface area contributed by atoms with E-state index in [9.17, 15) is 29.1 Å². The van der Waals surface area contributed by atoms with Crippen molar-refractivity contribution < 1.29 is 34.2 Å². The third kappa shape index (κ3) is 10.1. The molecular formula is C19H31N7O7. The lowest BCUT2D eigenvalue weighted by atomic mass is 10.1. The van der Waals surface area contributed by atoms with Crippen LogP contribution >= 0.6 is 0 Å². The molecule has 4 unspecified atom stereocenters. The quantitative estimate of drug-likeness (QED) is 0.125. The molecule has 0 fully saturated rings. The number of H-pyrrole nitrogens is 1. The van der Waals surface area contributed by atoms with Crippen molar-refractivity contribution in [1.29, 1.82) is 0 Å². The number of carboxylic acids is 2. The molecule has 0 saturated carbocycles. The average molecular weight is 469 g/mol. The van der Waals surface area contributed by atoms with Crippen LogP contribution in [0.3, 0.4) is 0 Å².